The molecule has 0 radical (unpaired) electrons. The molecule has 0 saturated carbocycles. The molecule has 0 aliphatic rings. The number of aromatic nitrogens is 2. The minimum Gasteiger partial charge on any atom is -0.462 e. The Hall–Kier alpha value is -3.23. The first-order valence-corrected chi connectivity index (χ1v) is 7.75. The zero-order valence-electron chi connectivity index (χ0n) is 13.7. The van der Waals surface area contributed by atoms with Crippen molar-refractivity contribution in [2.75, 3.05) is 11.9 Å². The maximum atomic E-state index is 11.9. The lowest BCUT2D eigenvalue weighted by atomic mass is 10.1. The first kappa shape index (κ1) is 18.1. The van der Waals surface area contributed by atoms with Crippen molar-refractivity contribution < 1.29 is 14.5 Å². The third-order valence-corrected chi connectivity index (χ3v) is 3.37. The normalized spacial score (nSPS) is 10.3. The summed E-state index contributed by atoms with van der Waals surface area (Å²) in [6.45, 7) is 1.61. The van der Waals surface area contributed by atoms with E-state index in [2.05, 4.69) is 22.2 Å². The van der Waals surface area contributed by atoms with Crippen LogP contribution < -0.4 is 15.6 Å². The molecule has 0 spiro atoms. The molecule has 2 N–H and O–H groups in total. The number of anilines is 1. The Bertz CT molecular complexity index is 801. The molecule has 0 bridgehead atoms. The first-order valence-electron chi connectivity index (χ1n) is 7.75. The molecule has 2 rings (SSSR count). The number of nitrogens with one attached hydrogen (secondary N) is 2. The summed E-state index contributed by atoms with van der Waals surface area (Å²) >= 11 is 0. The summed E-state index contributed by atoms with van der Waals surface area (Å²) in [7, 11) is 0. The quantitative estimate of drug-likeness (QED) is 0.556. The van der Waals surface area contributed by atoms with Gasteiger partial charge < -0.3 is 15.0 Å². The Morgan fingerprint density at radius 2 is 2.08 bits per heavy atom. The SMILES string of the molecule is CCCCc1ccc(NC(=O)COc2nc[nH]c(=O)c2[N+](=O)[O-])cc1. The van der Waals surface area contributed by atoms with E-state index in [0.29, 0.717) is 5.69 Å². The Labute approximate surface area is 143 Å². The fraction of sp³-hybridized carbons (Fsp3) is 0.312. The van der Waals surface area contributed by atoms with Gasteiger partial charge >= 0.3 is 17.1 Å². The maximum Gasteiger partial charge on any atom is 0.395 e. The number of rotatable bonds is 8. The van der Waals surface area contributed by atoms with Gasteiger partial charge in [-0.1, -0.05) is 25.5 Å². The lowest BCUT2D eigenvalue weighted by molar-refractivity contribution is -0.387. The largest absolute Gasteiger partial charge is 0.462 e. The van der Waals surface area contributed by atoms with Crippen LogP contribution in [0, 0.1) is 10.1 Å². The van der Waals surface area contributed by atoms with Crippen molar-refractivity contribution in [3.05, 3.63) is 56.6 Å². The number of ether oxygens (including phenoxy) is 1. The van der Waals surface area contributed by atoms with Gasteiger partial charge in [-0.25, -0.2) is 0 Å². The summed E-state index contributed by atoms with van der Waals surface area (Å²) in [6, 6.07) is 7.40. The molecule has 9 nitrogen and oxygen atoms in total. The number of carbonyl (C=O) groups excluding carboxylic acids is 1. The van der Waals surface area contributed by atoms with Crippen molar-refractivity contribution in [2.24, 2.45) is 0 Å². The van der Waals surface area contributed by atoms with E-state index in [1.54, 1.807) is 12.1 Å². The molecule has 1 aromatic carbocycles. The van der Waals surface area contributed by atoms with E-state index in [0.717, 1.165) is 25.6 Å². The van der Waals surface area contributed by atoms with Crippen LogP contribution in [-0.2, 0) is 11.2 Å². The van der Waals surface area contributed by atoms with Crippen molar-refractivity contribution in [1.29, 1.82) is 0 Å². The number of hydrogen-bond acceptors (Lipinski definition) is 6. The standard InChI is InChI=1S/C16H18N4O5/c1-2-3-4-11-5-7-12(8-6-11)19-13(21)9-25-16-14(20(23)24)15(22)17-10-18-16/h5-8,10H,2-4,9H2,1H3,(H,19,21)(H,17,18,22). The van der Waals surface area contributed by atoms with Crippen molar-refractivity contribution >= 4 is 17.3 Å². The van der Waals surface area contributed by atoms with Crippen LogP contribution in [0.4, 0.5) is 11.4 Å². The molecule has 0 aliphatic heterocycles. The lowest BCUT2D eigenvalue weighted by Crippen LogP contribution is -2.22. The monoisotopic (exact) mass is 346 g/mol. The third kappa shape index (κ3) is 5.13. The van der Waals surface area contributed by atoms with Crippen LogP contribution in [0.5, 0.6) is 5.88 Å². The molecule has 0 fully saturated rings. The van der Waals surface area contributed by atoms with Gasteiger partial charge in [0.15, 0.2) is 6.61 Å². The van der Waals surface area contributed by atoms with E-state index in [9.17, 15) is 19.7 Å². The minimum atomic E-state index is -0.946. The number of aryl methyl sites for hydroxylation is 1. The molecular weight excluding hydrogens is 328 g/mol. The molecule has 25 heavy (non-hydrogen) atoms. The van der Waals surface area contributed by atoms with Crippen molar-refractivity contribution in [3.8, 4) is 5.88 Å². The van der Waals surface area contributed by atoms with Gasteiger partial charge in [0.2, 0.25) is 0 Å². The molecule has 2 aromatic rings. The third-order valence-electron chi connectivity index (χ3n) is 3.37. The molecule has 0 atom stereocenters. The highest BCUT2D eigenvalue weighted by Crippen LogP contribution is 2.17. The molecule has 1 amide bonds. The van der Waals surface area contributed by atoms with Crippen LogP contribution in [-0.4, -0.2) is 27.4 Å². The van der Waals surface area contributed by atoms with Gasteiger partial charge in [0, 0.05) is 5.69 Å². The van der Waals surface area contributed by atoms with E-state index in [-0.39, 0.29) is 0 Å². The number of aromatic amines is 1. The summed E-state index contributed by atoms with van der Waals surface area (Å²) < 4.78 is 5.01. The van der Waals surface area contributed by atoms with Crippen LogP contribution in [0.3, 0.4) is 0 Å². The zero-order valence-corrected chi connectivity index (χ0v) is 13.7. The van der Waals surface area contributed by atoms with E-state index in [1.807, 2.05) is 12.1 Å². The van der Waals surface area contributed by atoms with E-state index in [4.69, 9.17) is 4.74 Å². The van der Waals surface area contributed by atoms with E-state index in [1.165, 1.54) is 5.56 Å². The Kier molecular flexibility index (Phi) is 6.21. The molecule has 1 aromatic heterocycles. The van der Waals surface area contributed by atoms with Crippen molar-refractivity contribution in [1.82, 2.24) is 9.97 Å². The predicted molar refractivity (Wildman–Crippen MR) is 90.7 cm³/mol. The number of carbonyl (C=O) groups is 1. The number of hydrogen-bond donors (Lipinski definition) is 2. The highest BCUT2D eigenvalue weighted by Gasteiger charge is 2.22. The van der Waals surface area contributed by atoms with E-state index >= 15 is 0 Å². The Balaban J connectivity index is 1.94. The highest BCUT2D eigenvalue weighted by molar-refractivity contribution is 5.91. The Morgan fingerprint density at radius 1 is 1.36 bits per heavy atom. The molecule has 1 heterocycles. The predicted octanol–water partition coefficient (Wildman–Crippen LogP) is 2.04. The summed E-state index contributed by atoms with van der Waals surface area (Å²) in [4.78, 5) is 38.9. The Morgan fingerprint density at radius 3 is 2.72 bits per heavy atom. The number of unbranched alkanes of at least 4 members (excludes halogenated alkanes) is 1. The molecule has 9 heteroatoms. The summed E-state index contributed by atoms with van der Waals surface area (Å²) in [5.74, 6) is -1.02. The highest BCUT2D eigenvalue weighted by atomic mass is 16.6. The molecule has 132 valence electrons. The van der Waals surface area contributed by atoms with Gasteiger partial charge in [-0.15, -0.1) is 0 Å². The minimum absolute atomic E-state index is 0.501. The second-order valence-electron chi connectivity index (χ2n) is 5.28. The number of H-pyrrole nitrogens is 1. The summed E-state index contributed by atoms with van der Waals surface area (Å²) in [6.07, 6.45) is 4.16. The van der Waals surface area contributed by atoms with Crippen LogP contribution in [0.15, 0.2) is 35.4 Å². The maximum absolute atomic E-state index is 11.9. The van der Waals surface area contributed by atoms with Crippen LogP contribution in [0.2, 0.25) is 0 Å². The second kappa shape index (κ2) is 8.57. The van der Waals surface area contributed by atoms with E-state index < -0.39 is 34.6 Å². The smallest absolute Gasteiger partial charge is 0.395 e. The number of nitrogens with zero attached hydrogens (tertiary/aromatic N) is 2. The fourth-order valence-corrected chi connectivity index (χ4v) is 2.11. The van der Waals surface area contributed by atoms with Crippen molar-refractivity contribution in [3.63, 3.8) is 0 Å². The van der Waals surface area contributed by atoms with Gasteiger partial charge in [-0.2, -0.15) is 4.98 Å². The van der Waals surface area contributed by atoms with Crippen LogP contribution in [0.25, 0.3) is 0 Å². The topological polar surface area (TPSA) is 127 Å². The van der Waals surface area contributed by atoms with Crippen molar-refractivity contribution in [2.45, 2.75) is 26.2 Å². The molecular formula is C16H18N4O5. The number of benzene rings is 1. The number of amides is 1. The lowest BCUT2D eigenvalue weighted by Gasteiger charge is -2.07. The van der Waals surface area contributed by atoms with Crippen LogP contribution >= 0.6 is 0 Å². The molecule has 0 unspecified atom stereocenters. The average Bonchev–Trinajstić information content (AvgIpc) is 2.59. The average molecular weight is 346 g/mol. The molecule has 0 saturated heterocycles. The van der Waals surface area contributed by atoms with Gasteiger partial charge in [0.05, 0.1) is 11.3 Å². The fourth-order valence-electron chi connectivity index (χ4n) is 2.11. The zero-order chi connectivity index (χ0) is 18.2. The summed E-state index contributed by atoms with van der Waals surface area (Å²) in [5.41, 5.74) is -0.0182. The number of nitro groups is 1. The van der Waals surface area contributed by atoms with Crippen LogP contribution in [0.1, 0.15) is 25.3 Å². The second-order valence-corrected chi connectivity index (χ2v) is 5.28. The van der Waals surface area contributed by atoms with Gasteiger partial charge in [-0.3, -0.25) is 19.7 Å². The van der Waals surface area contributed by atoms with Gasteiger partial charge in [-0.05, 0) is 30.5 Å². The first-order chi connectivity index (χ1) is 12.0. The van der Waals surface area contributed by atoms with Gasteiger partial charge in [0.1, 0.15) is 0 Å². The summed E-state index contributed by atoms with van der Waals surface area (Å²) in [5, 5.41) is 13.5. The molecule has 0 aliphatic carbocycles. The van der Waals surface area contributed by atoms with Gasteiger partial charge in [0.25, 0.3) is 5.91 Å².